The first-order chi connectivity index (χ1) is 11.8. The van der Waals surface area contributed by atoms with Crippen molar-refractivity contribution in [3.05, 3.63) is 72.9 Å². The monoisotopic (exact) mass is 356 g/mol. The molecule has 5 heteroatoms. The smallest absolute Gasteiger partial charge is 0.278 e. The van der Waals surface area contributed by atoms with Crippen molar-refractivity contribution in [2.24, 2.45) is 0 Å². The fourth-order valence-corrected chi connectivity index (χ4v) is 3.14. The van der Waals surface area contributed by atoms with Crippen LogP contribution in [0.25, 0.3) is 0 Å². The van der Waals surface area contributed by atoms with Crippen LogP contribution in [0.3, 0.4) is 0 Å². The highest BCUT2D eigenvalue weighted by Gasteiger charge is 2.32. The van der Waals surface area contributed by atoms with E-state index in [1.165, 1.54) is 11.4 Å². The zero-order valence-corrected chi connectivity index (χ0v) is 15.7. The minimum Gasteiger partial charge on any atom is -1.00 e. The van der Waals surface area contributed by atoms with Gasteiger partial charge in [-0.1, -0.05) is 36.4 Å². The lowest BCUT2D eigenvalue weighted by molar-refractivity contribution is -0.475. The molecule has 0 spiro atoms. The van der Waals surface area contributed by atoms with Crippen LogP contribution in [0.1, 0.15) is 13.8 Å². The van der Waals surface area contributed by atoms with Crippen LogP contribution in [0, 0.1) is 0 Å². The molecule has 1 atom stereocenters. The zero-order valence-electron chi connectivity index (χ0n) is 14.9. The van der Waals surface area contributed by atoms with Gasteiger partial charge in [-0.25, -0.2) is 9.91 Å². The summed E-state index contributed by atoms with van der Waals surface area (Å²) >= 11 is 0. The van der Waals surface area contributed by atoms with Crippen LogP contribution < -0.4 is 27.6 Å². The number of nitrogens with zero attached hydrogens (tertiary/aromatic N) is 3. The first kappa shape index (κ1) is 19.0. The highest BCUT2D eigenvalue weighted by molar-refractivity contribution is 5.94. The van der Waals surface area contributed by atoms with Crippen molar-refractivity contribution in [2.45, 2.75) is 20.0 Å². The number of amidine groups is 1. The van der Waals surface area contributed by atoms with Crippen LogP contribution in [-0.2, 0) is 0 Å². The SMILES string of the molecule is CCN(c1ccccc1)[N+]1=C(C)N(c2ccccc2)C(NC)C=C1.[Cl-]. The number of hydrazone groups is 1. The normalized spacial score (nSPS) is 16.6. The number of nitrogens with one attached hydrogen (secondary N) is 1. The van der Waals surface area contributed by atoms with Gasteiger partial charge in [-0.3, -0.25) is 5.32 Å². The van der Waals surface area contributed by atoms with Crippen LogP contribution in [0.5, 0.6) is 0 Å². The highest BCUT2D eigenvalue weighted by Crippen LogP contribution is 2.22. The Kier molecular flexibility index (Phi) is 6.62. The molecule has 1 aliphatic heterocycles. The first-order valence-electron chi connectivity index (χ1n) is 8.41. The topological polar surface area (TPSA) is 21.5 Å². The van der Waals surface area contributed by atoms with Crippen molar-refractivity contribution in [3.63, 3.8) is 0 Å². The third-order valence-electron chi connectivity index (χ3n) is 4.31. The van der Waals surface area contributed by atoms with Gasteiger partial charge in [-0.15, -0.1) is 4.68 Å². The molecule has 0 radical (unpaired) electrons. The highest BCUT2D eigenvalue weighted by atomic mass is 35.5. The second kappa shape index (κ2) is 8.70. The summed E-state index contributed by atoms with van der Waals surface area (Å²) in [5.74, 6) is 1.16. The minimum atomic E-state index is 0. The Labute approximate surface area is 156 Å². The molecule has 2 aromatic rings. The van der Waals surface area contributed by atoms with Crippen LogP contribution in [0.2, 0.25) is 0 Å². The van der Waals surface area contributed by atoms with E-state index in [1.807, 2.05) is 19.2 Å². The van der Waals surface area contributed by atoms with E-state index in [4.69, 9.17) is 0 Å². The average Bonchev–Trinajstić information content (AvgIpc) is 2.65. The maximum atomic E-state index is 3.37. The van der Waals surface area contributed by atoms with E-state index in [0.717, 1.165) is 12.4 Å². The van der Waals surface area contributed by atoms with Gasteiger partial charge in [0.15, 0.2) is 6.17 Å². The molecule has 1 aliphatic rings. The maximum Gasteiger partial charge on any atom is 0.278 e. The minimum absolute atomic E-state index is 0. The number of hydrogen-bond acceptors (Lipinski definition) is 3. The average molecular weight is 357 g/mol. The van der Waals surface area contributed by atoms with Gasteiger partial charge in [-0.05, 0) is 38.2 Å². The molecule has 1 N–H and O–H groups in total. The number of para-hydroxylation sites is 2. The first-order valence-corrected chi connectivity index (χ1v) is 8.41. The molecular weight excluding hydrogens is 332 g/mol. The molecule has 1 unspecified atom stereocenters. The van der Waals surface area contributed by atoms with Crippen molar-refractivity contribution >= 4 is 17.2 Å². The summed E-state index contributed by atoms with van der Waals surface area (Å²) in [5, 5.41) is 5.64. The largest absolute Gasteiger partial charge is 1.00 e. The van der Waals surface area contributed by atoms with Crippen molar-refractivity contribution in [3.8, 4) is 0 Å². The van der Waals surface area contributed by atoms with E-state index in [9.17, 15) is 0 Å². The predicted octanol–water partition coefficient (Wildman–Crippen LogP) is 0.442. The number of hydrogen-bond donors (Lipinski definition) is 1. The van der Waals surface area contributed by atoms with Gasteiger partial charge in [0.05, 0.1) is 12.2 Å². The fourth-order valence-electron chi connectivity index (χ4n) is 3.14. The molecule has 0 saturated heterocycles. The van der Waals surface area contributed by atoms with Crippen LogP contribution in [-0.4, -0.2) is 30.3 Å². The Morgan fingerprint density at radius 3 is 2.20 bits per heavy atom. The van der Waals surface area contributed by atoms with Gasteiger partial charge < -0.3 is 12.4 Å². The van der Waals surface area contributed by atoms with Crippen LogP contribution >= 0.6 is 0 Å². The van der Waals surface area contributed by atoms with Gasteiger partial charge in [0, 0.05) is 13.0 Å². The zero-order chi connectivity index (χ0) is 16.9. The van der Waals surface area contributed by atoms with E-state index in [-0.39, 0.29) is 18.6 Å². The number of anilines is 2. The fraction of sp³-hybridized carbons (Fsp3) is 0.250. The Morgan fingerprint density at radius 2 is 1.64 bits per heavy atom. The third kappa shape index (κ3) is 3.86. The number of halogens is 1. The maximum absolute atomic E-state index is 3.37. The molecule has 0 amide bonds. The van der Waals surface area contributed by atoms with E-state index in [1.54, 1.807) is 0 Å². The summed E-state index contributed by atoms with van der Waals surface area (Å²) in [6, 6.07) is 21.0. The molecule has 0 fully saturated rings. The second-order valence-corrected chi connectivity index (χ2v) is 5.72. The molecule has 1 heterocycles. The van der Waals surface area contributed by atoms with Gasteiger partial charge in [0.2, 0.25) is 0 Å². The van der Waals surface area contributed by atoms with Crippen molar-refractivity contribution in [1.29, 1.82) is 0 Å². The summed E-state index contributed by atoms with van der Waals surface area (Å²) in [6.07, 6.45) is 4.47. The van der Waals surface area contributed by atoms with Gasteiger partial charge in [-0.2, -0.15) is 0 Å². The second-order valence-electron chi connectivity index (χ2n) is 5.72. The molecule has 0 aliphatic carbocycles. The summed E-state index contributed by atoms with van der Waals surface area (Å²) in [5.41, 5.74) is 2.35. The van der Waals surface area contributed by atoms with Gasteiger partial charge >= 0.3 is 0 Å². The lowest BCUT2D eigenvalue weighted by atomic mass is 10.2. The van der Waals surface area contributed by atoms with Crippen LogP contribution in [0.4, 0.5) is 11.4 Å². The number of likely N-dealkylation sites (N-methyl/N-ethyl adjacent to an activating group) is 1. The van der Waals surface area contributed by atoms with Gasteiger partial charge in [0.25, 0.3) is 5.84 Å². The predicted molar refractivity (Wildman–Crippen MR) is 101 cm³/mol. The Balaban J connectivity index is 0.00000225. The molecule has 0 bridgehead atoms. The Bertz CT molecular complexity index is 728. The number of rotatable bonds is 5. The van der Waals surface area contributed by atoms with Crippen molar-refractivity contribution in [2.75, 3.05) is 23.5 Å². The third-order valence-corrected chi connectivity index (χ3v) is 4.31. The van der Waals surface area contributed by atoms with Crippen molar-refractivity contribution < 1.29 is 17.1 Å². The molecule has 25 heavy (non-hydrogen) atoms. The molecule has 0 aromatic heterocycles. The van der Waals surface area contributed by atoms with E-state index in [0.29, 0.717) is 0 Å². The van der Waals surface area contributed by atoms with Crippen molar-refractivity contribution in [1.82, 2.24) is 5.32 Å². The Morgan fingerprint density at radius 1 is 1.04 bits per heavy atom. The van der Waals surface area contributed by atoms with Crippen LogP contribution in [0.15, 0.2) is 72.9 Å². The van der Waals surface area contributed by atoms with Gasteiger partial charge in [0.1, 0.15) is 11.9 Å². The molecule has 3 rings (SSSR count). The number of hydrazine groups is 1. The van der Waals surface area contributed by atoms with E-state index < -0.39 is 0 Å². The quantitative estimate of drug-likeness (QED) is 0.786. The lowest BCUT2D eigenvalue weighted by Crippen LogP contribution is -3.00. The number of benzene rings is 2. The Hall–Kier alpha value is -2.30. The molecule has 4 nitrogen and oxygen atoms in total. The standard InChI is InChI=1S/C20H25N4.ClH/c1-4-22(18-11-7-5-8-12-18)23-16-15-20(21-3)24(17(23)2)19-13-9-6-10-14-19;/h5-16,20-21H,4H2,1-3H3;1H/q+1;/p-1. The molecular formula is C20H25ClN4. The van der Waals surface area contributed by atoms with E-state index in [2.05, 4.69) is 94.6 Å². The molecule has 132 valence electrons. The summed E-state index contributed by atoms with van der Waals surface area (Å²) in [4.78, 5) is 2.31. The summed E-state index contributed by atoms with van der Waals surface area (Å²) in [7, 11) is 1.99. The molecule has 2 aromatic carbocycles. The summed E-state index contributed by atoms with van der Waals surface area (Å²) in [6.45, 7) is 5.22. The van der Waals surface area contributed by atoms with E-state index >= 15 is 0 Å². The molecule has 0 saturated carbocycles. The summed E-state index contributed by atoms with van der Waals surface area (Å²) < 4.78 is 2.22. The lowest BCUT2D eigenvalue weighted by Gasteiger charge is -2.32.